The van der Waals surface area contributed by atoms with Crippen molar-refractivity contribution in [2.75, 3.05) is 31.6 Å². The minimum Gasteiger partial charge on any atom is -0.368 e. The van der Waals surface area contributed by atoms with Crippen molar-refractivity contribution in [3.63, 3.8) is 0 Å². The van der Waals surface area contributed by atoms with Crippen molar-refractivity contribution in [2.24, 2.45) is 0 Å². The molecule has 1 unspecified atom stereocenters. The van der Waals surface area contributed by atoms with Crippen LogP contribution in [-0.2, 0) is 26.3 Å². The summed E-state index contributed by atoms with van der Waals surface area (Å²) in [5, 5.41) is 10.3. The lowest BCUT2D eigenvalue weighted by atomic mass is 9.83. The Morgan fingerprint density at radius 1 is 1.26 bits per heavy atom. The van der Waals surface area contributed by atoms with Gasteiger partial charge in [-0.25, -0.2) is 0 Å². The molecule has 2 aromatic rings. The Hall–Kier alpha value is -2.71. The normalized spacial score (nSPS) is 22.4. The van der Waals surface area contributed by atoms with Crippen molar-refractivity contribution >= 4 is 17.5 Å². The van der Waals surface area contributed by atoms with E-state index in [2.05, 4.69) is 15.5 Å². The van der Waals surface area contributed by atoms with Gasteiger partial charge in [-0.2, -0.15) is 5.10 Å². The fraction of sp³-hybridized carbons (Fsp3) is 0.522. The number of carbonyl (C=O) groups excluding carboxylic acids is 2. The first kappa shape index (κ1) is 20.2. The number of amides is 2. The average molecular weight is 425 g/mol. The number of nitrogens with zero attached hydrogens (tertiary/aromatic N) is 2. The van der Waals surface area contributed by atoms with E-state index < -0.39 is 6.10 Å². The van der Waals surface area contributed by atoms with Gasteiger partial charge in [0, 0.05) is 30.9 Å². The highest BCUT2D eigenvalue weighted by Gasteiger charge is 2.43. The molecular weight excluding hydrogens is 396 g/mol. The van der Waals surface area contributed by atoms with Gasteiger partial charge in [-0.3, -0.25) is 14.7 Å². The van der Waals surface area contributed by atoms with Gasteiger partial charge >= 0.3 is 0 Å². The van der Waals surface area contributed by atoms with Crippen LogP contribution in [-0.4, -0.2) is 59.3 Å². The topological polar surface area (TPSA) is 96.5 Å². The zero-order valence-electron chi connectivity index (χ0n) is 17.8. The average Bonchev–Trinajstić information content (AvgIpc) is 3.48. The van der Waals surface area contributed by atoms with Crippen LogP contribution >= 0.6 is 0 Å². The Labute approximate surface area is 181 Å². The molecule has 2 N–H and O–H groups in total. The summed E-state index contributed by atoms with van der Waals surface area (Å²) >= 11 is 0. The molecule has 4 heterocycles. The predicted octanol–water partition coefficient (Wildman–Crippen LogP) is 2.54. The number of likely N-dealkylation sites (tertiary alicyclic amines) is 1. The zero-order valence-corrected chi connectivity index (χ0v) is 17.8. The molecular formula is C23H28N4O4. The van der Waals surface area contributed by atoms with E-state index in [0.717, 1.165) is 43.4 Å². The fourth-order valence-corrected chi connectivity index (χ4v) is 4.86. The maximum absolute atomic E-state index is 13.2. The molecule has 164 valence electrons. The van der Waals surface area contributed by atoms with Gasteiger partial charge < -0.3 is 19.7 Å². The smallest absolute Gasteiger partial charge is 0.253 e. The summed E-state index contributed by atoms with van der Waals surface area (Å²) in [7, 11) is 0. The molecule has 3 aliphatic rings. The van der Waals surface area contributed by atoms with Crippen LogP contribution in [0.15, 0.2) is 24.4 Å². The fourth-order valence-electron chi connectivity index (χ4n) is 4.86. The number of aromatic nitrogens is 2. The second-order valence-corrected chi connectivity index (χ2v) is 8.68. The van der Waals surface area contributed by atoms with Crippen molar-refractivity contribution in [3.05, 3.63) is 46.8 Å². The van der Waals surface area contributed by atoms with Gasteiger partial charge in [0.15, 0.2) is 0 Å². The van der Waals surface area contributed by atoms with E-state index >= 15 is 0 Å². The van der Waals surface area contributed by atoms with Crippen LogP contribution in [0.4, 0.5) is 5.69 Å². The number of nitrogens with one attached hydrogen (secondary N) is 2. The van der Waals surface area contributed by atoms with E-state index in [1.165, 1.54) is 5.56 Å². The number of hydrogen-bond acceptors (Lipinski definition) is 5. The van der Waals surface area contributed by atoms with Gasteiger partial charge in [-0.05, 0) is 62.3 Å². The lowest BCUT2D eigenvalue weighted by Gasteiger charge is -2.43. The summed E-state index contributed by atoms with van der Waals surface area (Å²) in [5.74, 6) is -0.168. The molecule has 0 aliphatic carbocycles. The SMILES string of the molecule is Cc1ccc(C(=O)N2CCC3(CC2)OCCc2cn[nH]c23)cc1NC(=O)C1CCCO1. The van der Waals surface area contributed by atoms with Crippen LogP contribution in [0.25, 0.3) is 0 Å². The van der Waals surface area contributed by atoms with Gasteiger partial charge in [-0.1, -0.05) is 6.07 Å². The lowest BCUT2D eigenvalue weighted by molar-refractivity contribution is -0.124. The molecule has 1 spiro atoms. The Kier molecular flexibility index (Phi) is 5.27. The highest BCUT2D eigenvalue weighted by Crippen LogP contribution is 2.40. The third kappa shape index (κ3) is 3.74. The molecule has 31 heavy (non-hydrogen) atoms. The Morgan fingerprint density at radius 3 is 2.87 bits per heavy atom. The van der Waals surface area contributed by atoms with E-state index in [1.807, 2.05) is 30.2 Å². The molecule has 2 amide bonds. The number of aromatic amines is 1. The third-order valence-electron chi connectivity index (χ3n) is 6.75. The maximum atomic E-state index is 13.2. The van der Waals surface area contributed by atoms with E-state index in [0.29, 0.717) is 37.6 Å². The number of hydrogen-bond donors (Lipinski definition) is 2. The van der Waals surface area contributed by atoms with Gasteiger partial charge in [0.05, 0.1) is 18.5 Å². The number of piperidine rings is 1. The molecule has 0 bridgehead atoms. The van der Waals surface area contributed by atoms with E-state index in [9.17, 15) is 9.59 Å². The highest BCUT2D eigenvalue weighted by atomic mass is 16.5. The van der Waals surface area contributed by atoms with Crippen molar-refractivity contribution in [2.45, 2.75) is 50.7 Å². The predicted molar refractivity (Wildman–Crippen MR) is 114 cm³/mol. The first-order valence-corrected chi connectivity index (χ1v) is 11.0. The van der Waals surface area contributed by atoms with Gasteiger partial charge in [0.1, 0.15) is 11.7 Å². The molecule has 1 aromatic carbocycles. The third-order valence-corrected chi connectivity index (χ3v) is 6.75. The largest absolute Gasteiger partial charge is 0.368 e. The molecule has 0 radical (unpaired) electrons. The van der Waals surface area contributed by atoms with Crippen LogP contribution in [0, 0.1) is 6.92 Å². The van der Waals surface area contributed by atoms with Crippen LogP contribution in [0.2, 0.25) is 0 Å². The maximum Gasteiger partial charge on any atom is 0.253 e. The Balaban J connectivity index is 1.28. The summed E-state index contributed by atoms with van der Waals surface area (Å²) in [4.78, 5) is 27.5. The van der Waals surface area contributed by atoms with E-state index in [4.69, 9.17) is 9.47 Å². The van der Waals surface area contributed by atoms with Crippen molar-refractivity contribution < 1.29 is 19.1 Å². The number of H-pyrrole nitrogens is 1. The highest BCUT2D eigenvalue weighted by molar-refractivity contribution is 5.99. The minimum absolute atomic E-state index is 0.0249. The molecule has 0 saturated carbocycles. The molecule has 8 heteroatoms. The summed E-state index contributed by atoms with van der Waals surface area (Å²) in [6.45, 7) is 4.46. The molecule has 1 aromatic heterocycles. The van der Waals surface area contributed by atoms with Crippen molar-refractivity contribution in [1.29, 1.82) is 0 Å². The van der Waals surface area contributed by atoms with Crippen molar-refractivity contribution in [3.8, 4) is 0 Å². The number of carbonyl (C=O) groups is 2. The van der Waals surface area contributed by atoms with Gasteiger partial charge in [-0.15, -0.1) is 0 Å². The number of benzene rings is 1. The minimum atomic E-state index is -0.403. The molecule has 8 nitrogen and oxygen atoms in total. The van der Waals surface area contributed by atoms with Crippen LogP contribution in [0.3, 0.4) is 0 Å². The molecule has 3 aliphatic heterocycles. The summed E-state index contributed by atoms with van der Waals surface area (Å²) in [6.07, 6.45) is 5.47. The molecule has 5 rings (SSSR count). The molecule has 1 atom stereocenters. The summed E-state index contributed by atoms with van der Waals surface area (Å²) < 4.78 is 11.7. The van der Waals surface area contributed by atoms with Crippen LogP contribution in [0.1, 0.15) is 52.9 Å². The first-order valence-electron chi connectivity index (χ1n) is 11.0. The Bertz CT molecular complexity index is 987. The monoisotopic (exact) mass is 424 g/mol. The van der Waals surface area contributed by atoms with E-state index in [1.54, 1.807) is 6.07 Å². The number of anilines is 1. The molecule has 2 fully saturated rings. The quantitative estimate of drug-likeness (QED) is 0.789. The van der Waals surface area contributed by atoms with Crippen LogP contribution < -0.4 is 5.32 Å². The second-order valence-electron chi connectivity index (χ2n) is 8.68. The summed E-state index contributed by atoms with van der Waals surface area (Å²) in [6, 6.07) is 5.48. The zero-order chi connectivity index (χ0) is 21.4. The van der Waals surface area contributed by atoms with E-state index in [-0.39, 0.29) is 17.4 Å². The number of fused-ring (bicyclic) bond motifs is 2. The number of aryl methyl sites for hydroxylation is 1. The lowest BCUT2D eigenvalue weighted by Crippen LogP contribution is -2.48. The molecule has 2 saturated heterocycles. The first-order chi connectivity index (χ1) is 15.1. The Morgan fingerprint density at radius 2 is 2.10 bits per heavy atom. The van der Waals surface area contributed by atoms with Gasteiger partial charge in [0.25, 0.3) is 11.8 Å². The number of rotatable bonds is 3. The van der Waals surface area contributed by atoms with Gasteiger partial charge in [0.2, 0.25) is 0 Å². The number of ether oxygens (including phenoxy) is 2. The standard InChI is InChI=1S/C23H28N4O4/c1-15-4-5-16(13-18(15)25-21(28)19-3-2-11-30-19)22(29)27-9-7-23(8-10-27)20-17(6-12-31-23)14-24-26-20/h4-5,13-14,19H,2-3,6-12H2,1H3,(H,24,26)(H,25,28). The van der Waals surface area contributed by atoms with Crippen LogP contribution in [0.5, 0.6) is 0 Å². The second kappa shape index (κ2) is 8.09. The van der Waals surface area contributed by atoms with Crippen molar-refractivity contribution in [1.82, 2.24) is 15.1 Å². The summed E-state index contributed by atoms with van der Waals surface area (Å²) in [5.41, 5.74) is 4.09.